The molecule has 1 aliphatic heterocycles. The van der Waals surface area contributed by atoms with E-state index in [1.54, 1.807) is 54.6 Å². The van der Waals surface area contributed by atoms with Gasteiger partial charge in [0.25, 0.3) is 5.91 Å². The second-order valence-electron chi connectivity index (χ2n) is 5.88. The Morgan fingerprint density at radius 1 is 1.19 bits per heavy atom. The van der Waals surface area contributed by atoms with Crippen molar-refractivity contribution < 1.29 is 13.6 Å². The van der Waals surface area contributed by atoms with Crippen LogP contribution in [0.2, 0.25) is 0 Å². The molecule has 0 bridgehead atoms. The molecule has 0 radical (unpaired) electrons. The van der Waals surface area contributed by atoms with Gasteiger partial charge in [-0.2, -0.15) is 10.3 Å². The van der Waals surface area contributed by atoms with E-state index < -0.39 is 11.7 Å². The van der Waals surface area contributed by atoms with Crippen LogP contribution in [0.25, 0.3) is 17.4 Å². The van der Waals surface area contributed by atoms with Crippen molar-refractivity contribution in [3.63, 3.8) is 0 Å². The number of nitriles is 1. The molecule has 5 nitrogen and oxygen atoms in total. The monoisotopic (exact) mass is 357 g/mol. The second-order valence-corrected chi connectivity index (χ2v) is 5.88. The van der Waals surface area contributed by atoms with Crippen molar-refractivity contribution in [2.45, 2.75) is 0 Å². The quantitative estimate of drug-likeness (QED) is 0.775. The van der Waals surface area contributed by atoms with Gasteiger partial charge in [0.2, 0.25) is 0 Å². The first kappa shape index (κ1) is 16.6. The number of hydrogen-bond acceptors (Lipinski definition) is 4. The minimum absolute atomic E-state index is 0.0394. The maximum Gasteiger partial charge on any atom is 0.260 e. The Hall–Kier alpha value is -3.85. The zero-order valence-electron chi connectivity index (χ0n) is 14.0. The first-order chi connectivity index (χ1) is 13.2. The van der Waals surface area contributed by atoms with E-state index >= 15 is 0 Å². The zero-order valence-corrected chi connectivity index (χ0v) is 14.0. The minimum Gasteiger partial charge on any atom is -0.457 e. The highest BCUT2D eigenvalue weighted by Gasteiger charge is 2.27. The van der Waals surface area contributed by atoms with Gasteiger partial charge in [0.05, 0.1) is 11.3 Å². The van der Waals surface area contributed by atoms with Gasteiger partial charge in [-0.1, -0.05) is 30.4 Å². The number of furan rings is 1. The van der Waals surface area contributed by atoms with E-state index in [9.17, 15) is 14.4 Å². The van der Waals surface area contributed by atoms with Gasteiger partial charge in [0, 0.05) is 6.08 Å². The largest absolute Gasteiger partial charge is 0.457 e. The molecule has 0 saturated heterocycles. The van der Waals surface area contributed by atoms with Crippen molar-refractivity contribution in [3.8, 4) is 17.4 Å². The van der Waals surface area contributed by atoms with Gasteiger partial charge in [-0.05, 0) is 30.3 Å². The summed E-state index contributed by atoms with van der Waals surface area (Å²) in [5.74, 6) is -0.568. The molecule has 1 aliphatic carbocycles. The lowest BCUT2D eigenvalue weighted by Crippen LogP contribution is -2.27. The lowest BCUT2D eigenvalue weighted by Gasteiger charge is -2.17. The summed E-state index contributed by atoms with van der Waals surface area (Å²) in [5, 5.41) is 9.48. The highest BCUT2D eigenvalue weighted by atomic mass is 19.1. The molecule has 0 fully saturated rings. The summed E-state index contributed by atoms with van der Waals surface area (Å²) >= 11 is 0. The average Bonchev–Trinajstić information content (AvgIpc) is 3.15. The summed E-state index contributed by atoms with van der Waals surface area (Å²) in [6.07, 6.45) is 8.40. The van der Waals surface area contributed by atoms with Crippen LogP contribution in [0.15, 0.2) is 80.7 Å². The molecule has 130 valence electrons. The third-order valence-electron chi connectivity index (χ3n) is 4.13. The fraction of sp³-hybridized carbons (Fsp3) is 0.0476. The Bertz CT molecular complexity index is 1130. The van der Waals surface area contributed by atoms with E-state index in [2.05, 4.69) is 9.98 Å². The molecule has 1 aromatic heterocycles. The molecule has 2 heterocycles. The van der Waals surface area contributed by atoms with Gasteiger partial charge in [0.15, 0.2) is 5.84 Å². The summed E-state index contributed by atoms with van der Waals surface area (Å²) in [6.45, 7) is 0. The maximum absolute atomic E-state index is 13.9. The number of hydrogen-bond donors (Lipinski definition) is 0. The van der Waals surface area contributed by atoms with Gasteiger partial charge in [-0.25, -0.2) is 9.38 Å². The summed E-state index contributed by atoms with van der Waals surface area (Å²) < 4.78 is 19.5. The number of aliphatic imine (C=N–C) groups is 2. The van der Waals surface area contributed by atoms with Crippen molar-refractivity contribution in [1.29, 1.82) is 5.26 Å². The summed E-state index contributed by atoms with van der Waals surface area (Å²) in [5.41, 5.74) is 0.954. The highest BCUT2D eigenvalue weighted by molar-refractivity contribution is 6.25. The molecule has 1 unspecified atom stereocenters. The zero-order chi connectivity index (χ0) is 18.8. The number of benzene rings is 1. The van der Waals surface area contributed by atoms with Crippen LogP contribution in [0.4, 0.5) is 4.39 Å². The molecule has 1 atom stereocenters. The number of allylic oxidation sites excluding steroid dienone is 3. The predicted octanol–water partition coefficient (Wildman–Crippen LogP) is 4.11. The van der Waals surface area contributed by atoms with Crippen LogP contribution >= 0.6 is 0 Å². The van der Waals surface area contributed by atoms with Crippen LogP contribution in [-0.2, 0) is 4.79 Å². The second kappa shape index (κ2) is 6.81. The van der Waals surface area contributed by atoms with E-state index in [0.717, 1.165) is 0 Å². The lowest BCUT2D eigenvalue weighted by atomic mass is 9.96. The topological polar surface area (TPSA) is 78.7 Å². The fourth-order valence-corrected chi connectivity index (χ4v) is 2.81. The number of carbonyl (C=O) groups is 1. The first-order valence-corrected chi connectivity index (χ1v) is 8.18. The van der Waals surface area contributed by atoms with Gasteiger partial charge in [0.1, 0.15) is 34.9 Å². The summed E-state index contributed by atoms with van der Waals surface area (Å²) in [6, 6.07) is 11.5. The molecule has 0 N–H and O–H groups in total. The van der Waals surface area contributed by atoms with Crippen molar-refractivity contribution in [2.24, 2.45) is 15.9 Å². The van der Waals surface area contributed by atoms with E-state index in [4.69, 9.17) is 4.42 Å². The number of halogens is 1. The molecule has 2 aliphatic rings. The van der Waals surface area contributed by atoms with E-state index in [-0.39, 0.29) is 17.3 Å². The number of amidine groups is 1. The molecular weight excluding hydrogens is 345 g/mol. The van der Waals surface area contributed by atoms with Crippen molar-refractivity contribution in [3.05, 3.63) is 77.9 Å². The third-order valence-corrected chi connectivity index (χ3v) is 4.13. The van der Waals surface area contributed by atoms with Gasteiger partial charge >= 0.3 is 0 Å². The number of nitrogens with zero attached hydrogens (tertiary/aromatic N) is 3. The Morgan fingerprint density at radius 3 is 2.85 bits per heavy atom. The minimum atomic E-state index is -0.505. The van der Waals surface area contributed by atoms with Crippen LogP contribution < -0.4 is 0 Å². The molecule has 1 aromatic carbocycles. The molecule has 0 spiro atoms. The van der Waals surface area contributed by atoms with E-state index in [0.29, 0.717) is 22.8 Å². The average molecular weight is 357 g/mol. The highest BCUT2D eigenvalue weighted by Crippen LogP contribution is 2.26. The molecular formula is C21H12FN3O2. The van der Waals surface area contributed by atoms with Gasteiger partial charge < -0.3 is 4.42 Å². The van der Waals surface area contributed by atoms with Crippen LogP contribution in [0.5, 0.6) is 0 Å². The predicted molar refractivity (Wildman–Crippen MR) is 99.3 cm³/mol. The van der Waals surface area contributed by atoms with Crippen LogP contribution in [-0.4, -0.2) is 17.5 Å². The number of fused-ring (bicyclic) bond motifs is 1. The molecule has 4 rings (SSSR count). The van der Waals surface area contributed by atoms with E-state index in [1.807, 2.05) is 6.07 Å². The number of rotatable bonds is 3. The van der Waals surface area contributed by atoms with Crippen molar-refractivity contribution >= 4 is 23.5 Å². The van der Waals surface area contributed by atoms with Crippen LogP contribution in [0.1, 0.15) is 5.76 Å². The fourth-order valence-electron chi connectivity index (χ4n) is 2.81. The molecule has 6 heteroatoms. The Labute approximate surface area is 154 Å². The van der Waals surface area contributed by atoms with Crippen molar-refractivity contribution in [2.75, 3.05) is 0 Å². The standard InChI is InChI=1S/C21H12FN3O2/c22-17-7-3-1-5-15(17)19-10-9-14(27-19)11-13(12-23)20-24-18-8-4-2-6-16(18)21(26)25-20/h1-11,16H/b13-11+. The number of amides is 1. The molecule has 27 heavy (non-hydrogen) atoms. The Morgan fingerprint density at radius 2 is 2.04 bits per heavy atom. The SMILES string of the molecule is N#C/C(=C\c1ccc(-c2ccccc2F)o1)C1=NC(=O)C2C=CC=CC2=N1. The molecule has 2 aromatic rings. The summed E-state index contributed by atoms with van der Waals surface area (Å²) in [4.78, 5) is 20.4. The van der Waals surface area contributed by atoms with Gasteiger partial charge in [-0.3, -0.25) is 4.79 Å². The van der Waals surface area contributed by atoms with E-state index in [1.165, 1.54) is 12.1 Å². The summed E-state index contributed by atoms with van der Waals surface area (Å²) in [7, 11) is 0. The Balaban J connectivity index is 1.67. The Kier molecular flexibility index (Phi) is 4.19. The molecule has 0 saturated carbocycles. The number of carbonyl (C=O) groups excluding carboxylic acids is 1. The molecule has 1 amide bonds. The smallest absolute Gasteiger partial charge is 0.260 e. The lowest BCUT2D eigenvalue weighted by molar-refractivity contribution is -0.118. The van der Waals surface area contributed by atoms with Crippen LogP contribution in [0, 0.1) is 23.1 Å². The van der Waals surface area contributed by atoms with Crippen molar-refractivity contribution in [1.82, 2.24) is 0 Å². The first-order valence-electron chi connectivity index (χ1n) is 8.18. The third kappa shape index (κ3) is 3.18. The van der Waals surface area contributed by atoms with Gasteiger partial charge in [-0.15, -0.1) is 0 Å². The normalized spacial score (nSPS) is 18.6. The maximum atomic E-state index is 13.9. The van der Waals surface area contributed by atoms with Crippen LogP contribution in [0.3, 0.4) is 0 Å².